The normalized spacial score (nSPS) is 13.5. The molecule has 3 atom stereocenters. The van der Waals surface area contributed by atoms with Gasteiger partial charge in [0.15, 0.2) is 0 Å². The molecule has 30 heavy (non-hydrogen) atoms. The molecule has 3 N–H and O–H groups in total. The van der Waals surface area contributed by atoms with Crippen LogP contribution in [-0.2, 0) is 27.4 Å². The molecule has 2 aromatic rings. The maximum absolute atomic E-state index is 12.8. The molecule has 0 fully saturated rings. The number of aromatic hydroxyl groups is 1. The zero-order valence-electron chi connectivity index (χ0n) is 17.2. The van der Waals surface area contributed by atoms with Gasteiger partial charge in [0, 0.05) is 0 Å². The van der Waals surface area contributed by atoms with Gasteiger partial charge in [-0.2, -0.15) is 0 Å². The van der Waals surface area contributed by atoms with Gasteiger partial charge in [-0.3, -0.25) is 4.79 Å². The summed E-state index contributed by atoms with van der Waals surface area (Å²) in [5, 5.41) is 14.7. The predicted octanol–water partition coefficient (Wildman–Crippen LogP) is 2.96. The van der Waals surface area contributed by atoms with E-state index in [4.69, 9.17) is 4.74 Å². The van der Waals surface area contributed by atoms with Crippen molar-refractivity contribution < 1.29 is 24.2 Å². The van der Waals surface area contributed by atoms with E-state index in [2.05, 4.69) is 10.6 Å². The standard InChI is InChI=1S/C23H28N2O5/c1-3-16(2)21(25-23(29)30-15-18-7-5-4-6-8-18)22(28)24-19(14-26)13-17-9-11-20(27)12-10-17/h4-12,14,16,19,21,27H,3,13,15H2,1-2H3,(H,24,28)(H,25,29)/t16-,19-,21-/m0/s1. The molecule has 7 nitrogen and oxygen atoms in total. The van der Waals surface area contributed by atoms with Crippen LogP contribution in [0.1, 0.15) is 31.4 Å². The van der Waals surface area contributed by atoms with E-state index < -0.39 is 24.1 Å². The Bertz CT molecular complexity index is 823. The van der Waals surface area contributed by atoms with Crippen LogP contribution in [0.4, 0.5) is 4.79 Å². The summed E-state index contributed by atoms with van der Waals surface area (Å²) in [5.41, 5.74) is 1.63. The van der Waals surface area contributed by atoms with E-state index in [0.29, 0.717) is 12.7 Å². The molecule has 0 bridgehead atoms. The third-order valence-corrected chi connectivity index (χ3v) is 4.87. The molecule has 2 rings (SSSR count). The Morgan fingerprint density at radius 2 is 1.70 bits per heavy atom. The first kappa shape index (κ1) is 22.9. The highest BCUT2D eigenvalue weighted by Gasteiger charge is 2.28. The van der Waals surface area contributed by atoms with Crippen LogP contribution in [0, 0.1) is 5.92 Å². The van der Waals surface area contributed by atoms with Crippen LogP contribution in [0.5, 0.6) is 5.75 Å². The highest BCUT2D eigenvalue weighted by atomic mass is 16.5. The van der Waals surface area contributed by atoms with Gasteiger partial charge in [0.1, 0.15) is 24.7 Å². The van der Waals surface area contributed by atoms with E-state index in [-0.39, 0.29) is 24.7 Å². The second-order valence-electron chi connectivity index (χ2n) is 7.19. The lowest BCUT2D eigenvalue weighted by Crippen LogP contribution is -2.53. The van der Waals surface area contributed by atoms with Crippen LogP contribution in [0.2, 0.25) is 0 Å². The third kappa shape index (κ3) is 7.24. The zero-order chi connectivity index (χ0) is 21.9. The van der Waals surface area contributed by atoms with Gasteiger partial charge in [0.2, 0.25) is 5.91 Å². The van der Waals surface area contributed by atoms with Gasteiger partial charge in [0.25, 0.3) is 0 Å². The van der Waals surface area contributed by atoms with Crippen molar-refractivity contribution in [3.63, 3.8) is 0 Å². The number of carbonyl (C=O) groups is 3. The number of rotatable bonds is 10. The number of hydrogen-bond donors (Lipinski definition) is 3. The predicted molar refractivity (Wildman–Crippen MR) is 113 cm³/mol. The molecular formula is C23H28N2O5. The molecule has 0 radical (unpaired) electrons. The largest absolute Gasteiger partial charge is 0.508 e. The summed E-state index contributed by atoms with van der Waals surface area (Å²) in [7, 11) is 0. The van der Waals surface area contributed by atoms with Crippen LogP contribution in [0.3, 0.4) is 0 Å². The summed E-state index contributed by atoms with van der Waals surface area (Å²) >= 11 is 0. The van der Waals surface area contributed by atoms with Gasteiger partial charge in [-0.15, -0.1) is 0 Å². The first-order chi connectivity index (χ1) is 14.4. The lowest BCUT2D eigenvalue weighted by molar-refractivity contribution is -0.126. The van der Waals surface area contributed by atoms with Crippen molar-refractivity contribution in [1.82, 2.24) is 10.6 Å². The summed E-state index contributed by atoms with van der Waals surface area (Å²) < 4.78 is 5.22. The fourth-order valence-corrected chi connectivity index (χ4v) is 2.89. The second kappa shape index (κ2) is 11.6. The van der Waals surface area contributed by atoms with E-state index >= 15 is 0 Å². The van der Waals surface area contributed by atoms with Gasteiger partial charge in [0.05, 0.1) is 6.04 Å². The minimum atomic E-state index is -0.833. The summed E-state index contributed by atoms with van der Waals surface area (Å²) in [6.07, 6.45) is 0.897. The number of phenolic OH excluding ortho intramolecular Hbond substituents is 1. The van der Waals surface area contributed by atoms with Crippen molar-refractivity contribution in [3.05, 3.63) is 65.7 Å². The van der Waals surface area contributed by atoms with Crippen LogP contribution in [0.25, 0.3) is 0 Å². The monoisotopic (exact) mass is 412 g/mol. The number of aldehydes is 1. The number of amides is 2. The fourth-order valence-electron chi connectivity index (χ4n) is 2.89. The minimum absolute atomic E-state index is 0.0966. The Balaban J connectivity index is 1.96. The van der Waals surface area contributed by atoms with E-state index in [1.54, 1.807) is 12.1 Å². The number of hydrogen-bond acceptors (Lipinski definition) is 5. The van der Waals surface area contributed by atoms with Crippen LogP contribution < -0.4 is 10.6 Å². The first-order valence-corrected chi connectivity index (χ1v) is 9.93. The van der Waals surface area contributed by atoms with E-state index in [1.165, 1.54) is 12.1 Å². The van der Waals surface area contributed by atoms with Crippen molar-refractivity contribution in [3.8, 4) is 5.75 Å². The Kier molecular flexibility index (Phi) is 8.87. The lowest BCUT2D eigenvalue weighted by atomic mass is 9.97. The molecule has 0 spiro atoms. The van der Waals surface area contributed by atoms with Crippen LogP contribution >= 0.6 is 0 Å². The van der Waals surface area contributed by atoms with Crippen molar-refractivity contribution >= 4 is 18.3 Å². The minimum Gasteiger partial charge on any atom is -0.508 e. The summed E-state index contributed by atoms with van der Waals surface area (Å²) in [4.78, 5) is 36.5. The summed E-state index contributed by atoms with van der Waals surface area (Å²) in [6.45, 7) is 3.85. The van der Waals surface area contributed by atoms with E-state index in [1.807, 2.05) is 44.2 Å². The molecular weight excluding hydrogens is 384 g/mol. The van der Waals surface area contributed by atoms with Gasteiger partial charge < -0.3 is 25.3 Å². The highest BCUT2D eigenvalue weighted by molar-refractivity contribution is 5.87. The number of phenols is 1. The molecule has 0 aliphatic heterocycles. The van der Waals surface area contributed by atoms with E-state index in [0.717, 1.165) is 11.1 Å². The Morgan fingerprint density at radius 3 is 2.30 bits per heavy atom. The van der Waals surface area contributed by atoms with Gasteiger partial charge in [-0.05, 0) is 35.6 Å². The summed E-state index contributed by atoms with van der Waals surface area (Å²) in [5.74, 6) is -0.479. The van der Waals surface area contributed by atoms with Crippen molar-refractivity contribution in [1.29, 1.82) is 0 Å². The lowest BCUT2D eigenvalue weighted by Gasteiger charge is -2.25. The molecule has 0 saturated carbocycles. The van der Waals surface area contributed by atoms with Crippen molar-refractivity contribution in [2.75, 3.05) is 0 Å². The van der Waals surface area contributed by atoms with Gasteiger partial charge in [-0.25, -0.2) is 4.79 Å². The molecule has 0 saturated heterocycles. The fraction of sp³-hybridized carbons (Fsp3) is 0.348. The molecule has 0 unspecified atom stereocenters. The molecule has 0 heterocycles. The average Bonchev–Trinajstić information content (AvgIpc) is 2.77. The average molecular weight is 412 g/mol. The summed E-state index contributed by atoms with van der Waals surface area (Å²) in [6, 6.07) is 14.1. The Labute approximate surface area is 176 Å². The van der Waals surface area contributed by atoms with Gasteiger partial charge in [-0.1, -0.05) is 62.7 Å². The van der Waals surface area contributed by atoms with Crippen LogP contribution in [-0.4, -0.2) is 35.5 Å². The molecule has 0 aliphatic rings. The number of carbonyl (C=O) groups excluding carboxylic acids is 3. The number of benzene rings is 2. The number of alkyl carbamates (subject to hydrolysis) is 1. The topological polar surface area (TPSA) is 105 Å². The number of nitrogens with one attached hydrogen (secondary N) is 2. The smallest absolute Gasteiger partial charge is 0.408 e. The quantitative estimate of drug-likeness (QED) is 0.521. The van der Waals surface area contributed by atoms with Crippen molar-refractivity contribution in [2.24, 2.45) is 5.92 Å². The molecule has 2 amide bonds. The first-order valence-electron chi connectivity index (χ1n) is 9.93. The molecule has 7 heteroatoms. The maximum Gasteiger partial charge on any atom is 0.408 e. The third-order valence-electron chi connectivity index (χ3n) is 4.87. The molecule has 0 aliphatic carbocycles. The Morgan fingerprint density at radius 1 is 1.03 bits per heavy atom. The Hall–Kier alpha value is -3.35. The number of ether oxygens (including phenoxy) is 1. The molecule has 0 aromatic heterocycles. The highest BCUT2D eigenvalue weighted by Crippen LogP contribution is 2.12. The maximum atomic E-state index is 12.8. The SMILES string of the molecule is CC[C@H](C)[C@H](NC(=O)OCc1ccccc1)C(=O)N[C@H](C=O)Cc1ccc(O)cc1. The molecule has 2 aromatic carbocycles. The second-order valence-corrected chi connectivity index (χ2v) is 7.19. The molecule has 160 valence electrons. The van der Waals surface area contributed by atoms with Gasteiger partial charge >= 0.3 is 6.09 Å². The van der Waals surface area contributed by atoms with Crippen LogP contribution in [0.15, 0.2) is 54.6 Å². The van der Waals surface area contributed by atoms with Crippen molar-refractivity contribution in [2.45, 2.75) is 45.4 Å². The zero-order valence-corrected chi connectivity index (χ0v) is 17.2. The van der Waals surface area contributed by atoms with E-state index in [9.17, 15) is 19.5 Å².